The summed E-state index contributed by atoms with van der Waals surface area (Å²) in [6.45, 7) is 6.75. The number of ether oxygens (including phenoxy) is 4. The molecule has 0 spiro atoms. The van der Waals surface area contributed by atoms with Crippen LogP contribution in [0, 0.1) is 0 Å². The van der Waals surface area contributed by atoms with Gasteiger partial charge in [0.05, 0.1) is 0 Å². The van der Waals surface area contributed by atoms with Crippen molar-refractivity contribution in [3.63, 3.8) is 0 Å². The molecule has 0 amide bonds. The fraction of sp³-hybridized carbons (Fsp3) is 0.105. The largest absolute Gasteiger partial charge is 0.481 e. The SMILES string of the molecule is C=CCOC(=O)COc1c(-c2c(OCC(=O)OCC=C)c3ccccc3c3cc(Br)ccc23)c2ccc(Br)cc2c2ccccc12. The fourth-order valence-corrected chi connectivity index (χ4v) is 6.43. The van der Waals surface area contributed by atoms with Crippen molar-refractivity contribution in [2.45, 2.75) is 0 Å². The molecule has 0 radical (unpaired) electrons. The van der Waals surface area contributed by atoms with Crippen LogP contribution in [0.15, 0.2) is 119 Å². The molecule has 0 aliphatic carbocycles. The molecule has 6 rings (SSSR count). The Labute approximate surface area is 282 Å². The van der Waals surface area contributed by atoms with Gasteiger partial charge in [0.15, 0.2) is 13.2 Å². The van der Waals surface area contributed by atoms with E-state index in [2.05, 4.69) is 57.2 Å². The summed E-state index contributed by atoms with van der Waals surface area (Å²) in [6, 6.07) is 27.9. The van der Waals surface area contributed by atoms with Gasteiger partial charge in [-0.05, 0) is 56.6 Å². The van der Waals surface area contributed by atoms with Crippen LogP contribution in [0.1, 0.15) is 0 Å². The number of rotatable bonds is 11. The van der Waals surface area contributed by atoms with Crippen molar-refractivity contribution < 1.29 is 28.5 Å². The van der Waals surface area contributed by atoms with Crippen LogP contribution >= 0.6 is 31.9 Å². The first-order valence-electron chi connectivity index (χ1n) is 14.5. The third-order valence-electron chi connectivity index (χ3n) is 7.52. The smallest absolute Gasteiger partial charge is 0.344 e. The summed E-state index contributed by atoms with van der Waals surface area (Å²) >= 11 is 7.32. The lowest BCUT2D eigenvalue weighted by atomic mass is 9.87. The first-order chi connectivity index (χ1) is 22.4. The van der Waals surface area contributed by atoms with Crippen LogP contribution in [-0.4, -0.2) is 38.4 Å². The van der Waals surface area contributed by atoms with Crippen LogP contribution in [0.5, 0.6) is 11.5 Å². The molecule has 0 fully saturated rings. The van der Waals surface area contributed by atoms with E-state index in [0.29, 0.717) is 22.6 Å². The lowest BCUT2D eigenvalue weighted by Gasteiger charge is -2.23. The minimum atomic E-state index is -0.528. The van der Waals surface area contributed by atoms with Crippen LogP contribution in [0.4, 0.5) is 0 Å². The molecule has 0 N–H and O–H groups in total. The normalized spacial score (nSPS) is 11.1. The Bertz CT molecular complexity index is 2020. The number of carbonyl (C=O) groups is 2. The second-order valence-electron chi connectivity index (χ2n) is 10.4. The Morgan fingerprint density at radius 3 is 1.33 bits per heavy atom. The summed E-state index contributed by atoms with van der Waals surface area (Å²) in [6.07, 6.45) is 3.02. The average Bonchev–Trinajstić information content (AvgIpc) is 3.07. The number of fused-ring (bicyclic) bond motifs is 6. The van der Waals surface area contributed by atoms with Crippen molar-refractivity contribution in [1.82, 2.24) is 0 Å². The molecule has 8 heteroatoms. The third kappa shape index (κ3) is 6.10. The fourth-order valence-electron chi connectivity index (χ4n) is 5.71. The van der Waals surface area contributed by atoms with E-state index < -0.39 is 11.9 Å². The van der Waals surface area contributed by atoms with Crippen molar-refractivity contribution in [1.29, 1.82) is 0 Å². The van der Waals surface area contributed by atoms with Crippen LogP contribution in [0.2, 0.25) is 0 Å². The standard InChI is InChI=1S/C38H28Br2O6/c1-3-17-43-33(41)21-45-37-29-11-7-5-9-25(29)31-19-23(39)13-15-27(31)35(37)36-28-16-14-24(40)20-32(28)26-10-6-8-12-30(26)38(36)46-22-34(42)44-18-4-2/h3-16,19-20H,1-2,17-18,21-22H2. The number of benzene rings is 6. The van der Waals surface area contributed by atoms with Crippen molar-refractivity contribution in [2.75, 3.05) is 26.4 Å². The van der Waals surface area contributed by atoms with Crippen LogP contribution in [0.25, 0.3) is 54.2 Å². The maximum Gasteiger partial charge on any atom is 0.344 e. The number of hydrogen-bond donors (Lipinski definition) is 0. The van der Waals surface area contributed by atoms with Gasteiger partial charge < -0.3 is 18.9 Å². The van der Waals surface area contributed by atoms with E-state index in [9.17, 15) is 9.59 Å². The Hall–Kier alpha value is -4.66. The number of hydrogen-bond acceptors (Lipinski definition) is 6. The molecule has 0 aliphatic rings. The molecule has 0 saturated heterocycles. The molecule has 0 atom stereocenters. The first-order valence-corrected chi connectivity index (χ1v) is 16.1. The lowest BCUT2D eigenvalue weighted by molar-refractivity contribution is -0.145. The summed E-state index contributed by atoms with van der Waals surface area (Å²) in [7, 11) is 0. The molecule has 0 aliphatic heterocycles. The molecule has 46 heavy (non-hydrogen) atoms. The Balaban J connectivity index is 1.73. The second kappa shape index (κ2) is 13.8. The minimum Gasteiger partial charge on any atom is -0.481 e. The zero-order chi connectivity index (χ0) is 32.2. The summed E-state index contributed by atoms with van der Waals surface area (Å²) < 4.78 is 25.2. The predicted molar refractivity (Wildman–Crippen MR) is 191 cm³/mol. The molecule has 0 bridgehead atoms. The molecule has 0 unspecified atom stereocenters. The minimum absolute atomic E-state index is 0.0751. The van der Waals surface area contributed by atoms with Gasteiger partial charge in [0.2, 0.25) is 0 Å². The maximum atomic E-state index is 12.7. The average molecular weight is 740 g/mol. The van der Waals surface area contributed by atoms with E-state index in [1.807, 2.05) is 72.8 Å². The Kier molecular flexibility index (Phi) is 9.38. The van der Waals surface area contributed by atoms with E-state index in [0.717, 1.165) is 52.0 Å². The van der Waals surface area contributed by atoms with Gasteiger partial charge in [-0.15, -0.1) is 0 Å². The van der Waals surface area contributed by atoms with E-state index in [-0.39, 0.29) is 26.4 Å². The maximum absolute atomic E-state index is 12.7. The molecule has 0 heterocycles. The quantitative estimate of drug-likeness (QED) is 0.0749. The van der Waals surface area contributed by atoms with Gasteiger partial charge in [0, 0.05) is 30.8 Å². The summed E-state index contributed by atoms with van der Waals surface area (Å²) in [5.74, 6) is -0.0849. The Morgan fingerprint density at radius 2 is 0.935 bits per heavy atom. The van der Waals surface area contributed by atoms with Crippen LogP contribution in [0.3, 0.4) is 0 Å². The van der Waals surface area contributed by atoms with Crippen molar-refractivity contribution in [2.24, 2.45) is 0 Å². The predicted octanol–water partition coefficient (Wildman–Crippen LogP) is 9.71. The highest BCUT2D eigenvalue weighted by atomic mass is 79.9. The van der Waals surface area contributed by atoms with Crippen molar-refractivity contribution >= 4 is 86.9 Å². The van der Waals surface area contributed by atoms with Gasteiger partial charge in [0.25, 0.3) is 0 Å². The molecule has 6 aromatic rings. The molecule has 0 saturated carbocycles. The van der Waals surface area contributed by atoms with E-state index >= 15 is 0 Å². The molecule has 0 aromatic heterocycles. The van der Waals surface area contributed by atoms with Gasteiger partial charge in [0.1, 0.15) is 24.7 Å². The topological polar surface area (TPSA) is 71.1 Å². The number of esters is 2. The molecule has 6 aromatic carbocycles. The zero-order valence-electron chi connectivity index (χ0n) is 24.7. The van der Waals surface area contributed by atoms with E-state index in [4.69, 9.17) is 18.9 Å². The van der Waals surface area contributed by atoms with Crippen LogP contribution in [-0.2, 0) is 19.1 Å². The Morgan fingerprint density at radius 1 is 0.543 bits per heavy atom. The van der Waals surface area contributed by atoms with Gasteiger partial charge in [-0.3, -0.25) is 0 Å². The lowest BCUT2D eigenvalue weighted by Crippen LogP contribution is -2.16. The van der Waals surface area contributed by atoms with E-state index in [1.54, 1.807) is 0 Å². The van der Waals surface area contributed by atoms with Crippen molar-refractivity contribution in [3.05, 3.63) is 119 Å². The summed E-state index contributed by atoms with van der Waals surface area (Å²) in [5, 5.41) is 7.17. The zero-order valence-corrected chi connectivity index (χ0v) is 27.9. The summed E-state index contributed by atoms with van der Waals surface area (Å²) in [4.78, 5) is 25.5. The van der Waals surface area contributed by atoms with E-state index in [1.165, 1.54) is 12.2 Å². The molecule has 230 valence electrons. The molecular weight excluding hydrogens is 712 g/mol. The van der Waals surface area contributed by atoms with Crippen LogP contribution < -0.4 is 9.47 Å². The summed E-state index contributed by atoms with van der Waals surface area (Å²) in [5.41, 5.74) is 1.43. The molecule has 6 nitrogen and oxygen atoms in total. The number of carbonyl (C=O) groups excluding carboxylic acids is 2. The highest BCUT2D eigenvalue weighted by Crippen LogP contribution is 2.52. The first kappa shape index (κ1) is 31.3. The van der Waals surface area contributed by atoms with Gasteiger partial charge >= 0.3 is 11.9 Å². The van der Waals surface area contributed by atoms with Crippen molar-refractivity contribution in [3.8, 4) is 22.6 Å². The molecular formula is C38H28Br2O6. The highest BCUT2D eigenvalue weighted by molar-refractivity contribution is 9.10. The second-order valence-corrected chi connectivity index (χ2v) is 12.2. The number of halogens is 2. The van der Waals surface area contributed by atoms with Gasteiger partial charge in [-0.1, -0.05) is 118 Å². The van der Waals surface area contributed by atoms with Gasteiger partial charge in [-0.2, -0.15) is 0 Å². The monoisotopic (exact) mass is 738 g/mol. The van der Waals surface area contributed by atoms with Gasteiger partial charge in [-0.25, -0.2) is 9.59 Å². The highest BCUT2D eigenvalue weighted by Gasteiger charge is 2.26. The third-order valence-corrected chi connectivity index (χ3v) is 8.51.